The first-order valence-electron chi connectivity index (χ1n) is 11.4. The molecule has 2 aromatic carbocycles. The molecule has 2 amide bonds. The van der Waals surface area contributed by atoms with Crippen molar-refractivity contribution in [1.82, 2.24) is 14.5 Å². The Morgan fingerprint density at radius 2 is 1.65 bits per heavy atom. The number of carbonyl (C=O) groups excluding carboxylic acids is 2. The van der Waals surface area contributed by atoms with Gasteiger partial charge in [0.1, 0.15) is 6.04 Å². The molecule has 0 bridgehead atoms. The van der Waals surface area contributed by atoms with E-state index < -0.39 is 16.1 Å². The molecular formula is C25H34ClN3O4S. The summed E-state index contributed by atoms with van der Waals surface area (Å²) in [6.07, 6.45) is 0.865. The second kappa shape index (κ2) is 12.9. The van der Waals surface area contributed by atoms with Crippen molar-refractivity contribution in [2.75, 3.05) is 13.6 Å². The fourth-order valence-corrected chi connectivity index (χ4v) is 5.03. The van der Waals surface area contributed by atoms with Gasteiger partial charge in [-0.05, 0) is 50.5 Å². The highest BCUT2D eigenvalue weighted by Gasteiger charge is 2.29. The summed E-state index contributed by atoms with van der Waals surface area (Å²) >= 11 is 6.33. The van der Waals surface area contributed by atoms with Crippen LogP contribution in [-0.2, 0) is 26.2 Å². The summed E-state index contributed by atoms with van der Waals surface area (Å²) in [7, 11) is -2.13. The van der Waals surface area contributed by atoms with E-state index in [0.29, 0.717) is 17.9 Å². The SMILES string of the molecule is CC[C@@H](C(=O)NC(C)C)N(Cc1ccccc1Cl)C(=O)CCCN(C)S(=O)(=O)c1ccccc1. The van der Waals surface area contributed by atoms with E-state index in [1.807, 2.05) is 39.0 Å². The van der Waals surface area contributed by atoms with Gasteiger partial charge in [0.2, 0.25) is 21.8 Å². The lowest BCUT2D eigenvalue weighted by molar-refractivity contribution is -0.141. The van der Waals surface area contributed by atoms with Gasteiger partial charge in [0, 0.05) is 37.6 Å². The van der Waals surface area contributed by atoms with E-state index in [1.54, 1.807) is 41.3 Å². The van der Waals surface area contributed by atoms with Crippen LogP contribution in [0.1, 0.15) is 45.6 Å². The lowest BCUT2D eigenvalue weighted by Crippen LogP contribution is -2.50. The van der Waals surface area contributed by atoms with E-state index in [1.165, 1.54) is 11.4 Å². The maximum Gasteiger partial charge on any atom is 0.243 e. The zero-order valence-electron chi connectivity index (χ0n) is 20.2. The van der Waals surface area contributed by atoms with Crippen LogP contribution in [0.15, 0.2) is 59.5 Å². The molecule has 9 heteroatoms. The van der Waals surface area contributed by atoms with Gasteiger partial charge in [-0.1, -0.05) is 54.9 Å². The van der Waals surface area contributed by atoms with Gasteiger partial charge < -0.3 is 10.2 Å². The van der Waals surface area contributed by atoms with Crippen molar-refractivity contribution < 1.29 is 18.0 Å². The Morgan fingerprint density at radius 3 is 2.24 bits per heavy atom. The maximum absolute atomic E-state index is 13.3. The fraction of sp³-hybridized carbons (Fsp3) is 0.440. The molecule has 0 aromatic heterocycles. The van der Waals surface area contributed by atoms with Crippen LogP contribution in [0.25, 0.3) is 0 Å². The molecule has 2 aromatic rings. The Hall–Kier alpha value is -2.42. The number of halogens is 1. The van der Waals surface area contributed by atoms with Crippen molar-refractivity contribution in [2.24, 2.45) is 0 Å². The predicted molar refractivity (Wildman–Crippen MR) is 135 cm³/mol. The van der Waals surface area contributed by atoms with E-state index in [9.17, 15) is 18.0 Å². The molecule has 186 valence electrons. The van der Waals surface area contributed by atoms with Gasteiger partial charge in [0.15, 0.2) is 0 Å². The van der Waals surface area contributed by atoms with Crippen LogP contribution in [-0.4, -0.2) is 55.1 Å². The molecule has 0 aliphatic heterocycles. The molecular weight excluding hydrogens is 474 g/mol. The van der Waals surface area contributed by atoms with Crippen molar-refractivity contribution in [3.05, 3.63) is 65.2 Å². The minimum atomic E-state index is -3.63. The van der Waals surface area contributed by atoms with Crippen LogP contribution in [0.5, 0.6) is 0 Å². The summed E-state index contributed by atoms with van der Waals surface area (Å²) < 4.78 is 26.7. The summed E-state index contributed by atoms with van der Waals surface area (Å²) in [5, 5.41) is 3.41. The molecule has 0 radical (unpaired) electrons. The van der Waals surface area contributed by atoms with E-state index in [0.717, 1.165) is 5.56 Å². The summed E-state index contributed by atoms with van der Waals surface area (Å²) in [4.78, 5) is 27.9. The molecule has 0 unspecified atom stereocenters. The quantitative estimate of drug-likeness (QED) is 0.469. The second-order valence-electron chi connectivity index (χ2n) is 8.44. The van der Waals surface area contributed by atoms with E-state index >= 15 is 0 Å². The molecule has 0 saturated carbocycles. The van der Waals surface area contributed by atoms with Gasteiger partial charge in [0.05, 0.1) is 4.90 Å². The third kappa shape index (κ3) is 7.55. The Kier molecular flexibility index (Phi) is 10.5. The molecule has 34 heavy (non-hydrogen) atoms. The number of benzene rings is 2. The van der Waals surface area contributed by atoms with Crippen molar-refractivity contribution in [2.45, 2.75) is 63.6 Å². The van der Waals surface area contributed by atoms with Gasteiger partial charge in [-0.3, -0.25) is 9.59 Å². The van der Waals surface area contributed by atoms with Crippen LogP contribution in [0.4, 0.5) is 0 Å². The average Bonchev–Trinajstić information content (AvgIpc) is 2.80. The molecule has 1 atom stereocenters. The van der Waals surface area contributed by atoms with Crippen LogP contribution in [0.3, 0.4) is 0 Å². The van der Waals surface area contributed by atoms with Crippen LogP contribution in [0.2, 0.25) is 5.02 Å². The van der Waals surface area contributed by atoms with E-state index in [4.69, 9.17) is 11.6 Å². The number of amides is 2. The smallest absolute Gasteiger partial charge is 0.243 e. The summed E-state index contributed by atoms with van der Waals surface area (Å²) in [5.74, 6) is -0.446. The molecule has 7 nitrogen and oxygen atoms in total. The Morgan fingerprint density at radius 1 is 1.03 bits per heavy atom. The minimum absolute atomic E-state index is 0.0596. The average molecular weight is 508 g/mol. The topological polar surface area (TPSA) is 86.8 Å². The number of sulfonamides is 1. The number of rotatable bonds is 12. The summed E-state index contributed by atoms with van der Waals surface area (Å²) in [6, 6.07) is 14.7. The van der Waals surface area contributed by atoms with E-state index in [2.05, 4.69) is 5.32 Å². The number of nitrogens with one attached hydrogen (secondary N) is 1. The van der Waals surface area contributed by atoms with Crippen LogP contribution >= 0.6 is 11.6 Å². The normalized spacial score (nSPS) is 12.6. The molecule has 0 saturated heterocycles. The highest BCUT2D eigenvalue weighted by atomic mass is 35.5. The fourth-order valence-electron chi connectivity index (χ4n) is 3.60. The minimum Gasteiger partial charge on any atom is -0.352 e. The molecule has 2 rings (SSSR count). The van der Waals surface area contributed by atoms with Gasteiger partial charge in [-0.2, -0.15) is 0 Å². The van der Waals surface area contributed by atoms with Crippen molar-refractivity contribution >= 4 is 33.4 Å². The predicted octanol–water partition coefficient (Wildman–Crippen LogP) is 4.07. The Balaban J connectivity index is 2.14. The van der Waals surface area contributed by atoms with Crippen LogP contribution in [0, 0.1) is 0 Å². The number of nitrogens with zero attached hydrogens (tertiary/aromatic N) is 2. The second-order valence-corrected chi connectivity index (χ2v) is 10.9. The molecule has 0 aliphatic rings. The lowest BCUT2D eigenvalue weighted by Gasteiger charge is -2.31. The molecule has 0 heterocycles. The third-order valence-electron chi connectivity index (χ3n) is 5.43. The van der Waals surface area contributed by atoms with Gasteiger partial charge in [-0.25, -0.2) is 12.7 Å². The summed E-state index contributed by atoms with van der Waals surface area (Å²) in [6.45, 7) is 5.97. The van der Waals surface area contributed by atoms with Crippen molar-refractivity contribution in [3.63, 3.8) is 0 Å². The first-order chi connectivity index (χ1) is 16.1. The number of hydrogen-bond acceptors (Lipinski definition) is 4. The highest BCUT2D eigenvalue weighted by Crippen LogP contribution is 2.21. The van der Waals surface area contributed by atoms with Crippen molar-refractivity contribution in [3.8, 4) is 0 Å². The highest BCUT2D eigenvalue weighted by molar-refractivity contribution is 7.89. The van der Waals surface area contributed by atoms with E-state index in [-0.39, 0.29) is 42.3 Å². The summed E-state index contributed by atoms with van der Waals surface area (Å²) in [5.41, 5.74) is 0.747. The van der Waals surface area contributed by atoms with Crippen LogP contribution < -0.4 is 5.32 Å². The first kappa shape index (κ1) is 27.8. The maximum atomic E-state index is 13.3. The largest absolute Gasteiger partial charge is 0.352 e. The standard InChI is InChI=1S/C25H34ClN3O4S/c1-5-23(25(31)27-19(2)3)29(18-20-12-9-10-15-22(20)26)24(30)16-11-17-28(4)34(32,33)21-13-7-6-8-14-21/h6-10,12-15,19,23H,5,11,16-18H2,1-4H3,(H,27,31)/t23-/m0/s1. The number of hydrogen-bond donors (Lipinski definition) is 1. The first-order valence-corrected chi connectivity index (χ1v) is 13.2. The Labute approximate surface area is 208 Å². The lowest BCUT2D eigenvalue weighted by atomic mass is 10.1. The van der Waals surface area contributed by atoms with Gasteiger partial charge in [0.25, 0.3) is 0 Å². The molecule has 0 spiro atoms. The van der Waals surface area contributed by atoms with Crippen molar-refractivity contribution in [1.29, 1.82) is 0 Å². The Bertz CT molecular complexity index is 1060. The third-order valence-corrected chi connectivity index (χ3v) is 7.67. The molecule has 0 aliphatic carbocycles. The monoisotopic (exact) mass is 507 g/mol. The zero-order valence-corrected chi connectivity index (χ0v) is 21.8. The van der Waals surface area contributed by atoms with Gasteiger partial charge >= 0.3 is 0 Å². The van der Waals surface area contributed by atoms with Gasteiger partial charge in [-0.15, -0.1) is 0 Å². The molecule has 0 fully saturated rings. The zero-order chi connectivity index (χ0) is 25.3. The number of carbonyl (C=O) groups is 2. The molecule has 1 N–H and O–H groups in total.